The van der Waals surface area contributed by atoms with Crippen molar-refractivity contribution >= 4 is 0 Å². The van der Waals surface area contributed by atoms with Crippen LogP contribution in [0.5, 0.6) is 0 Å². The maximum Gasteiger partial charge on any atom is 0.114 e. The highest BCUT2D eigenvalue weighted by Crippen LogP contribution is 1.97. The highest BCUT2D eigenvalue weighted by atomic mass is 16.5. The SMILES string of the molecule is C=COCc1cccnc1. The summed E-state index contributed by atoms with van der Waals surface area (Å²) in [6.07, 6.45) is 4.92. The van der Waals surface area contributed by atoms with Gasteiger partial charge in [0.15, 0.2) is 0 Å². The molecular formula is C8H9NO. The van der Waals surface area contributed by atoms with Gasteiger partial charge in [0.05, 0.1) is 6.26 Å². The van der Waals surface area contributed by atoms with E-state index in [0.29, 0.717) is 6.61 Å². The fourth-order valence-electron chi connectivity index (χ4n) is 0.639. The Labute approximate surface area is 60.2 Å². The van der Waals surface area contributed by atoms with Crippen molar-refractivity contribution < 1.29 is 4.74 Å². The lowest BCUT2D eigenvalue weighted by Gasteiger charge is -1.97. The molecule has 0 bridgehead atoms. The van der Waals surface area contributed by atoms with Gasteiger partial charge in [0.2, 0.25) is 0 Å². The Morgan fingerprint density at radius 3 is 3.20 bits per heavy atom. The molecule has 0 N–H and O–H groups in total. The summed E-state index contributed by atoms with van der Waals surface area (Å²) in [5, 5.41) is 0. The number of hydrogen-bond donors (Lipinski definition) is 0. The third-order valence-electron chi connectivity index (χ3n) is 1.09. The van der Waals surface area contributed by atoms with Crippen LogP contribution in [0.1, 0.15) is 5.56 Å². The minimum absolute atomic E-state index is 0.553. The van der Waals surface area contributed by atoms with Gasteiger partial charge in [0, 0.05) is 18.0 Å². The first kappa shape index (κ1) is 6.81. The van der Waals surface area contributed by atoms with Crippen molar-refractivity contribution in [2.24, 2.45) is 0 Å². The highest BCUT2D eigenvalue weighted by molar-refractivity contribution is 5.06. The third-order valence-corrected chi connectivity index (χ3v) is 1.09. The van der Waals surface area contributed by atoms with Crippen molar-refractivity contribution in [2.45, 2.75) is 6.61 Å². The van der Waals surface area contributed by atoms with Crippen LogP contribution < -0.4 is 0 Å². The van der Waals surface area contributed by atoms with E-state index >= 15 is 0 Å². The minimum atomic E-state index is 0.553. The van der Waals surface area contributed by atoms with Crippen LogP contribution in [0.15, 0.2) is 37.4 Å². The summed E-state index contributed by atoms with van der Waals surface area (Å²) in [4.78, 5) is 3.92. The monoisotopic (exact) mass is 135 g/mol. The molecular weight excluding hydrogens is 126 g/mol. The standard InChI is InChI=1S/C8H9NO/c1-2-10-7-8-4-3-5-9-6-8/h2-6H,1,7H2. The lowest BCUT2D eigenvalue weighted by atomic mass is 10.3. The molecule has 0 spiro atoms. The van der Waals surface area contributed by atoms with Gasteiger partial charge < -0.3 is 4.74 Å². The molecule has 0 radical (unpaired) electrons. The number of rotatable bonds is 3. The Morgan fingerprint density at radius 1 is 1.70 bits per heavy atom. The molecule has 0 unspecified atom stereocenters. The molecule has 1 heterocycles. The lowest BCUT2D eigenvalue weighted by Crippen LogP contribution is -1.85. The van der Waals surface area contributed by atoms with Gasteiger partial charge in [-0.1, -0.05) is 12.6 Å². The molecule has 0 amide bonds. The van der Waals surface area contributed by atoms with Gasteiger partial charge in [-0.05, 0) is 6.07 Å². The molecule has 52 valence electrons. The number of ether oxygens (including phenoxy) is 1. The fourth-order valence-corrected chi connectivity index (χ4v) is 0.639. The van der Waals surface area contributed by atoms with E-state index in [2.05, 4.69) is 11.6 Å². The van der Waals surface area contributed by atoms with E-state index in [1.165, 1.54) is 6.26 Å². The van der Waals surface area contributed by atoms with Gasteiger partial charge in [0.1, 0.15) is 6.61 Å². The second kappa shape index (κ2) is 3.67. The molecule has 0 fully saturated rings. The Kier molecular flexibility index (Phi) is 2.49. The van der Waals surface area contributed by atoms with Crippen molar-refractivity contribution in [2.75, 3.05) is 0 Å². The molecule has 0 atom stereocenters. The Bertz CT molecular complexity index is 196. The van der Waals surface area contributed by atoms with Crippen LogP contribution in [0.4, 0.5) is 0 Å². The summed E-state index contributed by atoms with van der Waals surface area (Å²) >= 11 is 0. The molecule has 1 aromatic heterocycles. The van der Waals surface area contributed by atoms with E-state index in [4.69, 9.17) is 4.74 Å². The second-order valence-corrected chi connectivity index (χ2v) is 1.84. The van der Waals surface area contributed by atoms with Crippen molar-refractivity contribution in [3.63, 3.8) is 0 Å². The largest absolute Gasteiger partial charge is 0.497 e. The maximum atomic E-state index is 4.94. The number of aromatic nitrogens is 1. The molecule has 1 rings (SSSR count). The summed E-state index contributed by atoms with van der Waals surface area (Å²) in [6.45, 7) is 3.99. The molecule has 0 aliphatic rings. The van der Waals surface area contributed by atoms with Crippen molar-refractivity contribution in [1.29, 1.82) is 0 Å². The normalized spacial score (nSPS) is 8.80. The van der Waals surface area contributed by atoms with Crippen LogP contribution in [-0.4, -0.2) is 4.98 Å². The summed E-state index contributed by atoms with van der Waals surface area (Å²) in [6, 6.07) is 3.83. The summed E-state index contributed by atoms with van der Waals surface area (Å²) in [5.41, 5.74) is 1.06. The zero-order valence-electron chi connectivity index (χ0n) is 5.66. The molecule has 0 saturated heterocycles. The van der Waals surface area contributed by atoms with Gasteiger partial charge in [-0.3, -0.25) is 4.98 Å². The van der Waals surface area contributed by atoms with Crippen LogP contribution in [-0.2, 0) is 11.3 Å². The first-order chi connectivity index (χ1) is 4.93. The fraction of sp³-hybridized carbons (Fsp3) is 0.125. The third kappa shape index (κ3) is 1.90. The van der Waals surface area contributed by atoms with E-state index < -0.39 is 0 Å². The second-order valence-electron chi connectivity index (χ2n) is 1.84. The van der Waals surface area contributed by atoms with Gasteiger partial charge in [-0.25, -0.2) is 0 Å². The van der Waals surface area contributed by atoms with Gasteiger partial charge in [0.25, 0.3) is 0 Å². The molecule has 1 aromatic rings. The molecule has 2 nitrogen and oxygen atoms in total. The molecule has 10 heavy (non-hydrogen) atoms. The van der Waals surface area contributed by atoms with Gasteiger partial charge >= 0.3 is 0 Å². The maximum absolute atomic E-state index is 4.94. The quantitative estimate of drug-likeness (QED) is 0.589. The van der Waals surface area contributed by atoms with Crippen molar-refractivity contribution in [3.05, 3.63) is 42.9 Å². The van der Waals surface area contributed by atoms with Crippen LogP contribution in [0.2, 0.25) is 0 Å². The zero-order chi connectivity index (χ0) is 7.23. The van der Waals surface area contributed by atoms with Crippen LogP contribution in [0.3, 0.4) is 0 Å². The van der Waals surface area contributed by atoms with Crippen LogP contribution in [0, 0.1) is 0 Å². The Morgan fingerprint density at radius 2 is 2.60 bits per heavy atom. The molecule has 0 saturated carbocycles. The first-order valence-corrected chi connectivity index (χ1v) is 3.05. The first-order valence-electron chi connectivity index (χ1n) is 3.05. The average Bonchev–Trinajstić information content (AvgIpc) is 2.03. The van der Waals surface area contributed by atoms with E-state index in [0.717, 1.165) is 5.56 Å². The Hall–Kier alpha value is -1.31. The van der Waals surface area contributed by atoms with E-state index in [1.54, 1.807) is 12.4 Å². The minimum Gasteiger partial charge on any atom is -0.497 e. The molecule has 0 aliphatic heterocycles. The van der Waals surface area contributed by atoms with Crippen LogP contribution >= 0.6 is 0 Å². The number of nitrogens with zero attached hydrogens (tertiary/aromatic N) is 1. The van der Waals surface area contributed by atoms with Crippen LogP contribution in [0.25, 0.3) is 0 Å². The smallest absolute Gasteiger partial charge is 0.114 e. The lowest BCUT2D eigenvalue weighted by molar-refractivity contribution is 0.237. The van der Waals surface area contributed by atoms with Gasteiger partial charge in [-0.2, -0.15) is 0 Å². The number of hydrogen-bond acceptors (Lipinski definition) is 2. The summed E-state index contributed by atoms with van der Waals surface area (Å²) < 4.78 is 4.94. The summed E-state index contributed by atoms with van der Waals surface area (Å²) in [5.74, 6) is 0. The predicted octanol–water partition coefficient (Wildman–Crippen LogP) is 1.74. The predicted molar refractivity (Wildman–Crippen MR) is 39.2 cm³/mol. The van der Waals surface area contributed by atoms with Crippen molar-refractivity contribution in [3.8, 4) is 0 Å². The molecule has 2 heteroatoms. The number of pyridine rings is 1. The highest BCUT2D eigenvalue weighted by Gasteiger charge is 1.86. The van der Waals surface area contributed by atoms with Gasteiger partial charge in [-0.15, -0.1) is 0 Å². The average molecular weight is 135 g/mol. The van der Waals surface area contributed by atoms with E-state index in [9.17, 15) is 0 Å². The topological polar surface area (TPSA) is 22.1 Å². The summed E-state index contributed by atoms with van der Waals surface area (Å²) in [7, 11) is 0. The molecule has 0 aromatic carbocycles. The Balaban J connectivity index is 2.50. The molecule has 0 aliphatic carbocycles. The van der Waals surface area contributed by atoms with E-state index in [1.807, 2.05) is 12.1 Å². The zero-order valence-corrected chi connectivity index (χ0v) is 5.66. The van der Waals surface area contributed by atoms with Crippen molar-refractivity contribution in [1.82, 2.24) is 4.98 Å². The van der Waals surface area contributed by atoms with E-state index in [-0.39, 0.29) is 0 Å².